The molecule has 0 aliphatic heterocycles. The third-order valence-corrected chi connectivity index (χ3v) is 7.17. The first-order chi connectivity index (χ1) is 23.3. The second-order valence-corrected chi connectivity index (χ2v) is 10.5. The van der Waals surface area contributed by atoms with Gasteiger partial charge in [0.15, 0.2) is 11.4 Å². The molecule has 0 aliphatic rings. The van der Waals surface area contributed by atoms with Crippen molar-refractivity contribution in [1.82, 2.24) is 29.5 Å². The molecule has 0 fully saturated rings. The van der Waals surface area contributed by atoms with Crippen LogP contribution in [0.15, 0.2) is 109 Å². The van der Waals surface area contributed by atoms with Crippen molar-refractivity contribution in [3.8, 4) is 22.8 Å². The molecule has 0 spiro atoms. The van der Waals surface area contributed by atoms with Gasteiger partial charge in [-0.05, 0) is 79.4 Å². The Morgan fingerprint density at radius 1 is 0.706 bits per heavy atom. The molecule has 51 heavy (non-hydrogen) atoms. The number of aryl methyl sites for hydroxylation is 4. The zero-order chi connectivity index (χ0) is 33.9. The molecule has 0 saturated heterocycles. The van der Waals surface area contributed by atoms with Crippen molar-refractivity contribution < 1.29 is 52.6 Å². The summed E-state index contributed by atoms with van der Waals surface area (Å²) in [5.41, 5.74) is 4.94. The number of rotatable bonds is 11. The SMILES string of the molecule is C.CCOC(=O)c1cc(-c2ccccn2)n(CCc2ccc(F)cc2)n1.O=C(O)c1cc(-c2ccccn2)n(CCc2ccc(F)cc2)n1.[Li+].[OH-]. The minimum Gasteiger partial charge on any atom is -0.870 e. The molecule has 0 unspecified atom stereocenters. The number of benzene rings is 2. The third-order valence-electron chi connectivity index (χ3n) is 7.17. The zero-order valence-corrected chi connectivity index (χ0v) is 27.5. The van der Waals surface area contributed by atoms with E-state index < -0.39 is 11.9 Å². The Kier molecular flexibility index (Phi) is 16.6. The van der Waals surface area contributed by atoms with Gasteiger partial charge in [-0.1, -0.05) is 43.8 Å². The van der Waals surface area contributed by atoms with E-state index in [0.717, 1.165) is 22.5 Å². The van der Waals surface area contributed by atoms with Crippen LogP contribution in [0.1, 0.15) is 46.5 Å². The van der Waals surface area contributed by atoms with Gasteiger partial charge in [0.1, 0.15) is 11.6 Å². The maximum Gasteiger partial charge on any atom is 1.00 e. The quantitative estimate of drug-likeness (QED) is 0.157. The summed E-state index contributed by atoms with van der Waals surface area (Å²) in [6.45, 7) is 3.06. The van der Waals surface area contributed by atoms with Gasteiger partial charge in [0.2, 0.25) is 0 Å². The standard InChI is InChI=1S/C19H18FN3O2.C17H14FN3O2.CH4.Li.H2O/c1-2-25-19(24)17-13-18(16-5-3-4-11-21-16)23(22-17)12-10-14-6-8-15(20)9-7-14;18-13-6-4-12(5-7-13)8-10-21-16(11-15(20-21)17(22)23)14-3-1-2-9-19-14;;;/h3-9,11,13H,2,10,12H2,1H3;1-7,9,11H,8,10H2,(H,22,23);1H4;;1H2/q;;;+1;/p-1. The van der Waals surface area contributed by atoms with Crippen LogP contribution in [0.2, 0.25) is 0 Å². The van der Waals surface area contributed by atoms with Crippen molar-refractivity contribution >= 4 is 11.9 Å². The third kappa shape index (κ3) is 11.5. The zero-order valence-electron chi connectivity index (χ0n) is 27.5. The number of nitrogens with zero attached hydrogens (tertiary/aromatic N) is 6. The van der Waals surface area contributed by atoms with Crippen LogP contribution in [0.4, 0.5) is 8.78 Å². The maximum atomic E-state index is 13.0. The van der Waals surface area contributed by atoms with E-state index in [2.05, 4.69) is 20.2 Å². The number of carbonyl (C=O) groups excluding carboxylic acids is 1. The van der Waals surface area contributed by atoms with Gasteiger partial charge >= 0.3 is 30.8 Å². The molecule has 260 valence electrons. The number of aromatic nitrogens is 6. The molecule has 0 atom stereocenters. The van der Waals surface area contributed by atoms with E-state index in [1.54, 1.807) is 71.1 Å². The number of hydrogen-bond acceptors (Lipinski definition) is 8. The van der Waals surface area contributed by atoms with Crippen LogP contribution in [0.3, 0.4) is 0 Å². The summed E-state index contributed by atoms with van der Waals surface area (Å²) >= 11 is 0. The number of ether oxygens (including phenoxy) is 1. The van der Waals surface area contributed by atoms with Crippen LogP contribution in [-0.2, 0) is 30.7 Å². The van der Waals surface area contributed by atoms with Crippen molar-refractivity contribution in [2.45, 2.75) is 40.3 Å². The molecule has 0 saturated carbocycles. The number of pyridine rings is 2. The Bertz CT molecular complexity index is 1960. The predicted octanol–water partition coefficient (Wildman–Crippen LogP) is 3.99. The van der Waals surface area contributed by atoms with Crippen LogP contribution < -0.4 is 18.9 Å². The molecule has 11 nitrogen and oxygen atoms in total. The summed E-state index contributed by atoms with van der Waals surface area (Å²) in [4.78, 5) is 31.7. The van der Waals surface area contributed by atoms with E-state index in [1.807, 2.05) is 24.3 Å². The molecule has 4 aromatic heterocycles. The molecule has 2 aromatic carbocycles. The van der Waals surface area contributed by atoms with Crippen molar-refractivity contribution in [2.24, 2.45) is 0 Å². The smallest absolute Gasteiger partial charge is 0.870 e. The second-order valence-electron chi connectivity index (χ2n) is 10.5. The van der Waals surface area contributed by atoms with E-state index >= 15 is 0 Å². The summed E-state index contributed by atoms with van der Waals surface area (Å²) in [7, 11) is 0. The monoisotopic (exact) mass is 690 g/mol. The Morgan fingerprint density at radius 2 is 1.14 bits per heavy atom. The van der Waals surface area contributed by atoms with Crippen molar-refractivity contribution in [3.63, 3.8) is 0 Å². The predicted molar refractivity (Wildman–Crippen MR) is 183 cm³/mol. The van der Waals surface area contributed by atoms with Crippen molar-refractivity contribution in [2.75, 3.05) is 6.61 Å². The molecule has 0 aliphatic carbocycles. The van der Waals surface area contributed by atoms with Gasteiger partial charge in [-0.2, -0.15) is 10.2 Å². The van der Waals surface area contributed by atoms with E-state index in [0.29, 0.717) is 43.9 Å². The van der Waals surface area contributed by atoms with Gasteiger partial charge in [0, 0.05) is 37.6 Å². The minimum atomic E-state index is -1.08. The average molecular weight is 691 g/mol. The number of carboxylic acid groups (broad SMARTS) is 1. The fourth-order valence-electron chi connectivity index (χ4n) is 4.80. The summed E-state index contributed by atoms with van der Waals surface area (Å²) in [5.74, 6) is -2.08. The van der Waals surface area contributed by atoms with E-state index in [1.165, 1.54) is 30.3 Å². The number of aromatic carboxylic acids is 1. The van der Waals surface area contributed by atoms with Gasteiger partial charge in [-0.25, -0.2) is 18.4 Å². The summed E-state index contributed by atoms with van der Waals surface area (Å²) in [6.07, 6.45) is 4.61. The molecular formula is C37H37F2LiN6O5. The molecule has 0 amide bonds. The Hall–Kier alpha value is -5.48. The molecule has 0 radical (unpaired) electrons. The van der Waals surface area contributed by atoms with Gasteiger partial charge in [-0.15, -0.1) is 0 Å². The van der Waals surface area contributed by atoms with Crippen LogP contribution in [0, 0.1) is 11.6 Å². The number of carboxylic acids is 1. The molecule has 6 aromatic rings. The first-order valence-corrected chi connectivity index (χ1v) is 15.2. The largest absolute Gasteiger partial charge is 1.00 e. The first-order valence-electron chi connectivity index (χ1n) is 15.2. The Labute approximate surface area is 306 Å². The van der Waals surface area contributed by atoms with Crippen LogP contribution in [0.5, 0.6) is 0 Å². The summed E-state index contributed by atoms with van der Waals surface area (Å²) < 4.78 is 34.3. The van der Waals surface area contributed by atoms with Gasteiger partial charge in [-0.3, -0.25) is 19.3 Å². The van der Waals surface area contributed by atoms with Gasteiger partial charge < -0.3 is 15.3 Å². The molecule has 6 rings (SSSR count). The Balaban J connectivity index is 0.000000335. The number of hydrogen-bond donors (Lipinski definition) is 1. The molecule has 14 heteroatoms. The van der Waals surface area contributed by atoms with E-state index in [4.69, 9.17) is 9.84 Å². The summed E-state index contributed by atoms with van der Waals surface area (Å²) in [6, 6.07) is 26.8. The van der Waals surface area contributed by atoms with Crippen LogP contribution in [-0.4, -0.2) is 58.7 Å². The molecular weight excluding hydrogens is 653 g/mol. The molecule has 2 N–H and O–H groups in total. The topological polar surface area (TPSA) is 155 Å². The fourth-order valence-corrected chi connectivity index (χ4v) is 4.80. The fraction of sp³-hybridized carbons (Fsp3) is 0.189. The Morgan fingerprint density at radius 3 is 1.53 bits per heavy atom. The van der Waals surface area contributed by atoms with Gasteiger partial charge in [0.25, 0.3) is 0 Å². The molecule has 0 bridgehead atoms. The van der Waals surface area contributed by atoms with Crippen LogP contribution in [0.25, 0.3) is 22.8 Å². The second kappa shape index (κ2) is 20.3. The first kappa shape index (κ1) is 41.7. The van der Waals surface area contributed by atoms with Gasteiger partial charge in [0.05, 0.1) is 29.4 Å². The van der Waals surface area contributed by atoms with E-state index in [9.17, 15) is 18.4 Å². The summed E-state index contributed by atoms with van der Waals surface area (Å²) in [5, 5.41) is 17.6. The normalized spacial score (nSPS) is 10.0. The average Bonchev–Trinajstić information content (AvgIpc) is 3.74. The van der Waals surface area contributed by atoms with E-state index in [-0.39, 0.29) is 54.8 Å². The van der Waals surface area contributed by atoms with Crippen molar-refractivity contribution in [3.05, 3.63) is 144 Å². The number of esters is 1. The maximum absolute atomic E-state index is 13.0. The van der Waals surface area contributed by atoms with Crippen LogP contribution >= 0.6 is 0 Å². The minimum absolute atomic E-state index is 0. The number of halogens is 2. The van der Waals surface area contributed by atoms with Crippen molar-refractivity contribution in [1.29, 1.82) is 0 Å². The number of carbonyl (C=O) groups is 2. The molecule has 4 heterocycles.